The van der Waals surface area contributed by atoms with Crippen molar-refractivity contribution in [2.75, 3.05) is 6.61 Å². The Morgan fingerprint density at radius 2 is 1.77 bits per heavy atom. The van der Waals surface area contributed by atoms with Crippen LogP contribution in [0, 0.1) is 5.82 Å². The lowest BCUT2D eigenvalue weighted by Crippen LogP contribution is -2.16. The highest BCUT2D eigenvalue weighted by molar-refractivity contribution is 5.93. The Kier molecular flexibility index (Phi) is 4.82. The molecule has 2 aromatic rings. The third-order valence-electron chi connectivity index (χ3n) is 3.42. The van der Waals surface area contributed by atoms with Crippen molar-refractivity contribution in [3.8, 4) is 0 Å². The van der Waals surface area contributed by atoms with Crippen molar-refractivity contribution in [2.24, 2.45) is 5.73 Å². The second-order valence-electron chi connectivity index (χ2n) is 4.78. The number of carbonyl (C=O) groups is 1. The SMILES string of the molecule is NC(=O)c1cccc(C(CO)c2cccc(C(F)F)c2)c1F. The number of primary amides is 1. The van der Waals surface area contributed by atoms with Crippen LogP contribution in [0.2, 0.25) is 0 Å². The first-order valence-electron chi connectivity index (χ1n) is 6.52. The van der Waals surface area contributed by atoms with Crippen molar-refractivity contribution in [2.45, 2.75) is 12.3 Å². The molecule has 1 amide bonds. The number of halogens is 3. The van der Waals surface area contributed by atoms with Crippen LogP contribution in [0.25, 0.3) is 0 Å². The highest BCUT2D eigenvalue weighted by atomic mass is 19.3. The number of benzene rings is 2. The highest BCUT2D eigenvalue weighted by Crippen LogP contribution is 2.30. The summed E-state index contributed by atoms with van der Waals surface area (Å²) in [6.45, 7) is -0.494. The molecule has 3 N–H and O–H groups in total. The molecule has 116 valence electrons. The molecule has 0 aliphatic heterocycles. The number of amides is 1. The molecule has 3 nitrogen and oxygen atoms in total. The number of carbonyl (C=O) groups excluding carboxylic acids is 1. The Morgan fingerprint density at radius 3 is 2.36 bits per heavy atom. The molecule has 0 saturated heterocycles. The van der Waals surface area contributed by atoms with Crippen molar-refractivity contribution in [3.63, 3.8) is 0 Å². The lowest BCUT2D eigenvalue weighted by Gasteiger charge is -2.18. The topological polar surface area (TPSA) is 63.3 Å². The molecule has 6 heteroatoms. The third kappa shape index (κ3) is 3.12. The molecule has 0 spiro atoms. The van der Waals surface area contributed by atoms with Crippen molar-refractivity contribution < 1.29 is 23.1 Å². The van der Waals surface area contributed by atoms with Crippen molar-refractivity contribution in [3.05, 3.63) is 70.5 Å². The Hall–Kier alpha value is -2.34. The van der Waals surface area contributed by atoms with Gasteiger partial charge in [-0.15, -0.1) is 0 Å². The van der Waals surface area contributed by atoms with Crippen LogP contribution in [0.1, 0.15) is 39.4 Å². The average Bonchev–Trinajstić information content (AvgIpc) is 2.49. The zero-order valence-electron chi connectivity index (χ0n) is 11.5. The summed E-state index contributed by atoms with van der Waals surface area (Å²) >= 11 is 0. The second-order valence-corrected chi connectivity index (χ2v) is 4.78. The maximum Gasteiger partial charge on any atom is 0.263 e. The van der Waals surface area contributed by atoms with Crippen LogP contribution in [0.5, 0.6) is 0 Å². The van der Waals surface area contributed by atoms with E-state index in [1.54, 1.807) is 0 Å². The van der Waals surface area contributed by atoms with Gasteiger partial charge in [-0.25, -0.2) is 13.2 Å². The summed E-state index contributed by atoms with van der Waals surface area (Å²) in [6.07, 6.45) is -2.67. The molecule has 22 heavy (non-hydrogen) atoms. The van der Waals surface area contributed by atoms with E-state index in [0.29, 0.717) is 5.56 Å². The quantitative estimate of drug-likeness (QED) is 0.892. The largest absolute Gasteiger partial charge is 0.395 e. The summed E-state index contributed by atoms with van der Waals surface area (Å²) in [6, 6.07) is 9.43. The minimum absolute atomic E-state index is 0.0326. The molecular formula is C16H14F3NO2. The van der Waals surface area contributed by atoms with Crippen LogP contribution in [-0.4, -0.2) is 17.6 Å². The van der Waals surface area contributed by atoms with Crippen LogP contribution in [0.15, 0.2) is 42.5 Å². The van der Waals surface area contributed by atoms with E-state index in [1.165, 1.54) is 42.5 Å². The Morgan fingerprint density at radius 1 is 1.14 bits per heavy atom. The van der Waals surface area contributed by atoms with Gasteiger partial charge in [-0.05, 0) is 23.3 Å². The van der Waals surface area contributed by atoms with Gasteiger partial charge in [0.1, 0.15) is 5.82 Å². The molecule has 1 unspecified atom stereocenters. The molecule has 1 atom stereocenters. The molecule has 0 fully saturated rings. The van der Waals surface area contributed by atoms with Crippen LogP contribution < -0.4 is 5.73 Å². The molecular weight excluding hydrogens is 295 g/mol. The minimum atomic E-state index is -2.67. The van der Waals surface area contributed by atoms with Crippen LogP contribution in [0.4, 0.5) is 13.2 Å². The monoisotopic (exact) mass is 309 g/mol. The number of hydrogen-bond acceptors (Lipinski definition) is 2. The maximum absolute atomic E-state index is 14.3. The zero-order chi connectivity index (χ0) is 16.3. The summed E-state index contributed by atoms with van der Waals surface area (Å²) in [4.78, 5) is 11.2. The second kappa shape index (κ2) is 6.62. The maximum atomic E-state index is 14.3. The van der Waals surface area contributed by atoms with Gasteiger partial charge in [-0.1, -0.05) is 30.3 Å². The average molecular weight is 309 g/mol. The number of alkyl halides is 2. The molecule has 0 aromatic heterocycles. The first-order valence-corrected chi connectivity index (χ1v) is 6.52. The van der Waals surface area contributed by atoms with Crippen LogP contribution in [-0.2, 0) is 0 Å². The predicted octanol–water partition coefficient (Wildman–Crippen LogP) is 2.99. The predicted molar refractivity (Wildman–Crippen MR) is 75.2 cm³/mol. The number of aliphatic hydroxyl groups is 1. The van der Waals surface area contributed by atoms with Gasteiger partial charge in [0.2, 0.25) is 0 Å². The van der Waals surface area contributed by atoms with Crippen LogP contribution >= 0.6 is 0 Å². The van der Waals surface area contributed by atoms with E-state index in [2.05, 4.69) is 0 Å². The molecule has 0 radical (unpaired) electrons. The van der Waals surface area contributed by atoms with E-state index in [-0.39, 0.29) is 16.7 Å². The summed E-state index contributed by atoms with van der Waals surface area (Å²) in [7, 11) is 0. The number of hydrogen-bond donors (Lipinski definition) is 2. The highest BCUT2D eigenvalue weighted by Gasteiger charge is 2.22. The van der Waals surface area contributed by atoms with E-state index in [0.717, 1.165) is 0 Å². The van der Waals surface area contributed by atoms with Gasteiger partial charge in [0, 0.05) is 11.5 Å². The minimum Gasteiger partial charge on any atom is -0.395 e. The van der Waals surface area contributed by atoms with Crippen LogP contribution in [0.3, 0.4) is 0 Å². The summed E-state index contributed by atoms with van der Waals surface area (Å²) in [5.41, 5.74) is 4.93. The van der Waals surface area contributed by atoms with Crippen molar-refractivity contribution in [1.82, 2.24) is 0 Å². The van der Waals surface area contributed by atoms with Gasteiger partial charge in [-0.2, -0.15) is 0 Å². The van der Waals surface area contributed by atoms with Gasteiger partial charge in [0.15, 0.2) is 0 Å². The number of rotatable bonds is 5. The van der Waals surface area contributed by atoms with Gasteiger partial charge < -0.3 is 10.8 Å². The standard InChI is InChI=1S/C16H14F3NO2/c17-14-11(5-2-6-12(14)16(20)22)13(8-21)9-3-1-4-10(7-9)15(18)19/h1-7,13,15,21H,8H2,(H2,20,22). The molecule has 0 aliphatic carbocycles. The summed E-state index contributed by atoms with van der Waals surface area (Å²) in [5, 5.41) is 9.55. The summed E-state index contributed by atoms with van der Waals surface area (Å²) < 4.78 is 39.9. The Balaban J connectivity index is 2.51. The number of aliphatic hydroxyl groups excluding tert-OH is 1. The smallest absolute Gasteiger partial charge is 0.263 e. The van der Waals surface area contributed by atoms with E-state index in [9.17, 15) is 23.1 Å². The molecule has 0 saturated carbocycles. The fourth-order valence-corrected chi connectivity index (χ4v) is 2.30. The Bertz CT molecular complexity index is 689. The van der Waals surface area contributed by atoms with E-state index >= 15 is 0 Å². The molecule has 2 aromatic carbocycles. The van der Waals surface area contributed by atoms with E-state index in [1.807, 2.05) is 0 Å². The molecule has 0 aliphatic rings. The molecule has 0 heterocycles. The lowest BCUT2D eigenvalue weighted by molar-refractivity contribution is 0.0996. The van der Waals surface area contributed by atoms with Gasteiger partial charge in [-0.3, -0.25) is 4.79 Å². The zero-order valence-corrected chi connectivity index (χ0v) is 11.5. The van der Waals surface area contributed by atoms with Gasteiger partial charge >= 0.3 is 0 Å². The van der Waals surface area contributed by atoms with Gasteiger partial charge in [0.25, 0.3) is 12.3 Å². The fraction of sp³-hybridized carbons (Fsp3) is 0.188. The first-order chi connectivity index (χ1) is 10.5. The van der Waals surface area contributed by atoms with Crippen molar-refractivity contribution in [1.29, 1.82) is 0 Å². The van der Waals surface area contributed by atoms with Gasteiger partial charge in [0.05, 0.1) is 12.2 Å². The van der Waals surface area contributed by atoms with E-state index < -0.39 is 30.7 Å². The van der Waals surface area contributed by atoms with Crippen molar-refractivity contribution >= 4 is 5.91 Å². The third-order valence-corrected chi connectivity index (χ3v) is 3.42. The van der Waals surface area contributed by atoms with E-state index in [4.69, 9.17) is 5.73 Å². The lowest BCUT2D eigenvalue weighted by atomic mass is 9.89. The normalized spacial score (nSPS) is 12.4. The fourth-order valence-electron chi connectivity index (χ4n) is 2.30. The summed E-state index contributed by atoms with van der Waals surface area (Å²) in [5.74, 6) is -2.65. The first kappa shape index (κ1) is 16.0. The molecule has 0 bridgehead atoms. The molecule has 2 rings (SSSR count). The Labute approximate surface area is 125 Å². The number of nitrogens with two attached hydrogens (primary N) is 1.